The first-order chi connectivity index (χ1) is 12.5. The predicted octanol–water partition coefficient (Wildman–Crippen LogP) is 6.59. The minimum atomic E-state index is -1.17. The summed E-state index contributed by atoms with van der Waals surface area (Å²) < 4.78 is 24.6. The van der Waals surface area contributed by atoms with Crippen molar-refractivity contribution in [3.8, 4) is 0 Å². The number of rotatable bonds is 17. The van der Waals surface area contributed by atoms with Gasteiger partial charge < -0.3 is 18.9 Å². The van der Waals surface area contributed by atoms with Crippen LogP contribution in [0.5, 0.6) is 0 Å². The molecule has 1 unspecified atom stereocenters. The van der Waals surface area contributed by atoms with Crippen LogP contribution in [-0.2, 0) is 18.9 Å². The Balaban J connectivity index is 5.48. The first-order valence-electron chi connectivity index (χ1n) is 10.7. The maximum atomic E-state index is 6.35. The van der Waals surface area contributed by atoms with Gasteiger partial charge in [0.05, 0.1) is 6.26 Å². The topological polar surface area (TPSA) is 36.9 Å². The van der Waals surface area contributed by atoms with E-state index < -0.39 is 11.6 Å². The highest BCUT2D eigenvalue weighted by molar-refractivity contribution is 4.96. The first-order valence-corrected chi connectivity index (χ1v) is 10.7. The van der Waals surface area contributed by atoms with Gasteiger partial charge in [0.15, 0.2) is 5.60 Å². The highest BCUT2D eigenvalue weighted by Crippen LogP contribution is 2.40. The molecule has 0 N–H and O–H groups in total. The molecule has 0 aromatic rings. The van der Waals surface area contributed by atoms with E-state index in [0.29, 0.717) is 19.8 Å². The SMILES string of the molecule is CCCCCCCCC(CC)(OC=C(C)C)C(OCC)(OCC)OCC. The summed E-state index contributed by atoms with van der Waals surface area (Å²) in [7, 11) is 0. The molecule has 0 radical (unpaired) electrons. The molecule has 0 saturated heterocycles. The van der Waals surface area contributed by atoms with Crippen molar-refractivity contribution in [2.75, 3.05) is 19.8 Å². The normalized spacial score (nSPS) is 14.1. The number of unbranched alkanes of at least 4 members (excludes halogenated alkanes) is 5. The van der Waals surface area contributed by atoms with Crippen molar-refractivity contribution >= 4 is 0 Å². The molecule has 0 amide bonds. The third kappa shape index (κ3) is 7.98. The van der Waals surface area contributed by atoms with Gasteiger partial charge in [-0.1, -0.05) is 46.0 Å². The Kier molecular flexibility index (Phi) is 14.2. The molecule has 0 bridgehead atoms. The van der Waals surface area contributed by atoms with E-state index in [-0.39, 0.29) is 0 Å². The fraction of sp³-hybridized carbons (Fsp3) is 0.909. The average Bonchev–Trinajstić information content (AvgIpc) is 2.61. The largest absolute Gasteiger partial charge is 0.486 e. The summed E-state index contributed by atoms with van der Waals surface area (Å²) in [5, 5.41) is 0. The van der Waals surface area contributed by atoms with Gasteiger partial charge in [-0.2, -0.15) is 0 Å². The second-order valence-corrected chi connectivity index (χ2v) is 7.03. The van der Waals surface area contributed by atoms with Gasteiger partial charge in [-0.15, -0.1) is 0 Å². The zero-order valence-corrected chi connectivity index (χ0v) is 18.5. The van der Waals surface area contributed by atoms with Crippen molar-refractivity contribution in [3.05, 3.63) is 11.8 Å². The van der Waals surface area contributed by atoms with Crippen molar-refractivity contribution in [2.45, 2.75) is 111 Å². The van der Waals surface area contributed by atoms with E-state index in [1.54, 1.807) is 0 Å². The van der Waals surface area contributed by atoms with Gasteiger partial charge in [0.2, 0.25) is 0 Å². The summed E-state index contributed by atoms with van der Waals surface area (Å²) in [6.07, 6.45) is 10.8. The van der Waals surface area contributed by atoms with E-state index in [0.717, 1.165) is 24.8 Å². The maximum Gasteiger partial charge on any atom is 0.325 e. The van der Waals surface area contributed by atoms with Crippen LogP contribution in [0.3, 0.4) is 0 Å². The van der Waals surface area contributed by atoms with Crippen LogP contribution >= 0.6 is 0 Å². The van der Waals surface area contributed by atoms with Gasteiger partial charge in [0, 0.05) is 19.8 Å². The lowest BCUT2D eigenvalue weighted by molar-refractivity contribution is -0.440. The molecule has 0 heterocycles. The Labute approximate surface area is 162 Å². The Bertz CT molecular complexity index is 346. The van der Waals surface area contributed by atoms with Crippen molar-refractivity contribution < 1.29 is 18.9 Å². The van der Waals surface area contributed by atoms with Crippen molar-refractivity contribution in [1.29, 1.82) is 0 Å². The van der Waals surface area contributed by atoms with Gasteiger partial charge in [-0.05, 0) is 59.5 Å². The lowest BCUT2D eigenvalue weighted by Gasteiger charge is -2.47. The van der Waals surface area contributed by atoms with Crippen molar-refractivity contribution in [2.24, 2.45) is 0 Å². The Morgan fingerprint density at radius 3 is 1.65 bits per heavy atom. The molecule has 4 heteroatoms. The molecule has 0 spiro atoms. The molecule has 0 aliphatic carbocycles. The van der Waals surface area contributed by atoms with Crippen LogP contribution in [0.15, 0.2) is 11.8 Å². The van der Waals surface area contributed by atoms with E-state index in [1.165, 1.54) is 32.1 Å². The maximum absolute atomic E-state index is 6.35. The van der Waals surface area contributed by atoms with Crippen molar-refractivity contribution in [3.63, 3.8) is 0 Å². The Morgan fingerprint density at radius 1 is 0.731 bits per heavy atom. The quantitative estimate of drug-likeness (QED) is 0.164. The molecule has 0 aromatic carbocycles. The van der Waals surface area contributed by atoms with Crippen LogP contribution in [0.2, 0.25) is 0 Å². The predicted molar refractivity (Wildman–Crippen MR) is 109 cm³/mol. The van der Waals surface area contributed by atoms with Crippen LogP contribution in [0.25, 0.3) is 0 Å². The monoisotopic (exact) mass is 372 g/mol. The van der Waals surface area contributed by atoms with E-state index in [4.69, 9.17) is 18.9 Å². The smallest absolute Gasteiger partial charge is 0.325 e. The summed E-state index contributed by atoms with van der Waals surface area (Å²) >= 11 is 0. The van der Waals surface area contributed by atoms with E-state index in [2.05, 4.69) is 13.8 Å². The number of hydrogen-bond donors (Lipinski definition) is 0. The highest BCUT2D eigenvalue weighted by Gasteiger charge is 2.56. The van der Waals surface area contributed by atoms with Crippen LogP contribution in [-0.4, -0.2) is 31.4 Å². The summed E-state index contributed by atoms with van der Waals surface area (Å²) in [6.45, 7) is 15.9. The molecule has 0 aromatic heterocycles. The van der Waals surface area contributed by atoms with Gasteiger partial charge in [-0.25, -0.2) is 0 Å². The van der Waals surface area contributed by atoms with E-state index in [1.807, 2.05) is 40.9 Å². The van der Waals surface area contributed by atoms with E-state index >= 15 is 0 Å². The molecule has 0 rings (SSSR count). The van der Waals surface area contributed by atoms with Gasteiger partial charge in [0.1, 0.15) is 0 Å². The first kappa shape index (κ1) is 25.4. The van der Waals surface area contributed by atoms with E-state index in [9.17, 15) is 0 Å². The average molecular weight is 373 g/mol. The van der Waals surface area contributed by atoms with Gasteiger partial charge in [0.25, 0.3) is 0 Å². The van der Waals surface area contributed by atoms with Crippen LogP contribution in [0.1, 0.15) is 99.8 Å². The van der Waals surface area contributed by atoms with Crippen LogP contribution in [0.4, 0.5) is 0 Å². The third-order valence-electron chi connectivity index (χ3n) is 4.59. The molecule has 4 nitrogen and oxygen atoms in total. The molecule has 1 atom stereocenters. The van der Waals surface area contributed by atoms with Crippen molar-refractivity contribution in [1.82, 2.24) is 0 Å². The molecule has 0 aliphatic rings. The Hall–Kier alpha value is -0.580. The standard InChI is InChI=1S/C22H44O4/c1-8-13-14-15-16-17-18-21(9-2,26-19-20(6)7)22(23-10-3,24-11-4)25-12-5/h19H,8-18H2,1-7H3. The highest BCUT2D eigenvalue weighted by atomic mass is 16.9. The number of ether oxygens (including phenoxy) is 4. The van der Waals surface area contributed by atoms with Crippen LogP contribution in [0, 0.1) is 0 Å². The van der Waals surface area contributed by atoms with Gasteiger partial charge >= 0.3 is 5.97 Å². The molecule has 0 aliphatic heterocycles. The number of hydrogen-bond acceptors (Lipinski definition) is 4. The zero-order valence-electron chi connectivity index (χ0n) is 18.5. The number of allylic oxidation sites excluding steroid dienone is 1. The fourth-order valence-electron chi connectivity index (χ4n) is 3.27. The summed E-state index contributed by atoms with van der Waals surface area (Å²) in [5.41, 5.74) is 0.459. The summed E-state index contributed by atoms with van der Waals surface area (Å²) in [6, 6.07) is 0. The lowest BCUT2D eigenvalue weighted by atomic mass is 9.89. The molecule has 0 saturated carbocycles. The molecule has 0 fully saturated rings. The minimum absolute atomic E-state index is 0.510. The lowest BCUT2D eigenvalue weighted by Crippen LogP contribution is -2.60. The minimum Gasteiger partial charge on any atom is -0.486 e. The fourth-order valence-corrected chi connectivity index (χ4v) is 3.27. The third-order valence-corrected chi connectivity index (χ3v) is 4.59. The zero-order chi connectivity index (χ0) is 19.9. The van der Waals surface area contributed by atoms with Crippen LogP contribution < -0.4 is 0 Å². The summed E-state index contributed by atoms with van der Waals surface area (Å²) in [5.74, 6) is -1.17. The molecule has 26 heavy (non-hydrogen) atoms. The summed E-state index contributed by atoms with van der Waals surface area (Å²) in [4.78, 5) is 0. The molecule has 156 valence electrons. The van der Waals surface area contributed by atoms with Gasteiger partial charge in [-0.3, -0.25) is 0 Å². The Morgan fingerprint density at radius 2 is 1.23 bits per heavy atom. The molecular formula is C22H44O4. The second-order valence-electron chi connectivity index (χ2n) is 7.03. The second kappa shape index (κ2) is 14.5. The molecular weight excluding hydrogens is 328 g/mol.